The maximum Gasteiger partial charge on any atom is 0.0966 e. The molecule has 0 saturated heterocycles. The zero-order chi connectivity index (χ0) is 11.5. The third kappa shape index (κ3) is 2.15. The molecule has 0 fully saturated rings. The molecule has 0 spiro atoms. The Morgan fingerprint density at radius 3 is 2.50 bits per heavy atom. The highest BCUT2D eigenvalue weighted by Gasteiger charge is 2.21. The normalized spacial score (nSPS) is 14.7. The van der Waals surface area contributed by atoms with Gasteiger partial charge in [-0.2, -0.15) is 0 Å². The van der Waals surface area contributed by atoms with Crippen LogP contribution in [0.5, 0.6) is 0 Å². The van der Waals surface area contributed by atoms with Crippen LogP contribution in [0.15, 0.2) is 35.8 Å². The highest BCUT2D eigenvalue weighted by Crippen LogP contribution is 2.33. The second kappa shape index (κ2) is 4.76. The Kier molecular flexibility index (Phi) is 3.36. The lowest BCUT2D eigenvalue weighted by molar-refractivity contribution is 0.154. The molecular weight excluding hydrogens is 218 g/mol. The summed E-state index contributed by atoms with van der Waals surface area (Å²) < 4.78 is 0. The van der Waals surface area contributed by atoms with E-state index in [1.54, 1.807) is 5.51 Å². The number of rotatable bonds is 3. The van der Waals surface area contributed by atoms with E-state index in [0.29, 0.717) is 0 Å². The van der Waals surface area contributed by atoms with Gasteiger partial charge in [-0.05, 0) is 12.5 Å². The van der Waals surface area contributed by atoms with Gasteiger partial charge in [0.05, 0.1) is 22.2 Å². The molecule has 0 bridgehead atoms. The van der Waals surface area contributed by atoms with E-state index in [1.807, 2.05) is 44.2 Å². The molecule has 2 atom stereocenters. The van der Waals surface area contributed by atoms with Crippen molar-refractivity contribution in [2.24, 2.45) is 0 Å². The maximum absolute atomic E-state index is 10.3. The van der Waals surface area contributed by atoms with Gasteiger partial charge in [0.2, 0.25) is 0 Å². The number of aromatic nitrogens is 1. The van der Waals surface area contributed by atoms with Crippen LogP contribution in [0.4, 0.5) is 0 Å². The standard InChI is InChI=1S/C13H15NOS/c1-9(11-6-4-3-5-7-11)12(15)13-10(2)14-8-16-13/h3-9,12,15H,1-2H3/t9-,12?/m0/s1. The van der Waals surface area contributed by atoms with Crippen LogP contribution in [0.1, 0.15) is 35.1 Å². The van der Waals surface area contributed by atoms with Crippen LogP contribution in [0.3, 0.4) is 0 Å². The van der Waals surface area contributed by atoms with Crippen molar-refractivity contribution in [1.29, 1.82) is 0 Å². The minimum atomic E-state index is -0.463. The average Bonchev–Trinajstić information content (AvgIpc) is 2.75. The van der Waals surface area contributed by atoms with Gasteiger partial charge in [-0.1, -0.05) is 37.3 Å². The van der Waals surface area contributed by atoms with Gasteiger partial charge in [0.1, 0.15) is 0 Å². The van der Waals surface area contributed by atoms with Crippen molar-refractivity contribution < 1.29 is 5.11 Å². The molecule has 1 unspecified atom stereocenters. The molecule has 0 aliphatic heterocycles. The first-order chi connectivity index (χ1) is 7.70. The van der Waals surface area contributed by atoms with E-state index >= 15 is 0 Å². The van der Waals surface area contributed by atoms with Crippen LogP contribution >= 0.6 is 11.3 Å². The largest absolute Gasteiger partial charge is 0.387 e. The van der Waals surface area contributed by atoms with Gasteiger partial charge in [0.15, 0.2) is 0 Å². The number of aliphatic hydroxyl groups is 1. The number of aliphatic hydroxyl groups excluding tert-OH is 1. The zero-order valence-electron chi connectivity index (χ0n) is 9.42. The summed E-state index contributed by atoms with van der Waals surface area (Å²) in [6, 6.07) is 10.1. The first kappa shape index (κ1) is 11.3. The molecule has 2 rings (SSSR count). The van der Waals surface area contributed by atoms with Crippen molar-refractivity contribution in [2.75, 3.05) is 0 Å². The second-order valence-corrected chi connectivity index (χ2v) is 4.83. The van der Waals surface area contributed by atoms with Crippen LogP contribution < -0.4 is 0 Å². The SMILES string of the molecule is Cc1ncsc1C(O)[C@@H](C)c1ccccc1. The fraction of sp³-hybridized carbons (Fsp3) is 0.308. The van der Waals surface area contributed by atoms with Gasteiger partial charge in [0.25, 0.3) is 0 Å². The molecule has 0 aliphatic rings. The summed E-state index contributed by atoms with van der Waals surface area (Å²) in [6.07, 6.45) is -0.463. The lowest BCUT2D eigenvalue weighted by Crippen LogP contribution is -2.07. The molecule has 1 N–H and O–H groups in total. The monoisotopic (exact) mass is 233 g/mol. The number of benzene rings is 1. The topological polar surface area (TPSA) is 33.1 Å². The quantitative estimate of drug-likeness (QED) is 0.882. The third-order valence-corrected chi connectivity index (χ3v) is 3.85. The van der Waals surface area contributed by atoms with Crippen molar-refractivity contribution in [3.63, 3.8) is 0 Å². The summed E-state index contributed by atoms with van der Waals surface area (Å²) in [4.78, 5) is 5.14. The van der Waals surface area contributed by atoms with E-state index < -0.39 is 6.10 Å². The number of nitrogens with zero attached hydrogens (tertiary/aromatic N) is 1. The van der Waals surface area contributed by atoms with Gasteiger partial charge in [-0.15, -0.1) is 11.3 Å². The fourth-order valence-electron chi connectivity index (χ4n) is 1.76. The lowest BCUT2D eigenvalue weighted by Gasteiger charge is -2.18. The Bertz CT molecular complexity index is 452. The predicted molar refractivity (Wildman–Crippen MR) is 66.7 cm³/mol. The van der Waals surface area contributed by atoms with Crippen molar-refractivity contribution >= 4 is 11.3 Å². The number of aryl methyl sites for hydroxylation is 1. The molecule has 2 nitrogen and oxygen atoms in total. The van der Waals surface area contributed by atoms with Crippen molar-refractivity contribution in [1.82, 2.24) is 4.98 Å². The minimum Gasteiger partial charge on any atom is -0.387 e. The van der Waals surface area contributed by atoms with Crippen LogP contribution in [0.2, 0.25) is 0 Å². The third-order valence-electron chi connectivity index (χ3n) is 2.85. The molecule has 84 valence electrons. The molecular formula is C13H15NOS. The van der Waals surface area contributed by atoms with Crippen molar-refractivity contribution in [2.45, 2.75) is 25.9 Å². The summed E-state index contributed by atoms with van der Waals surface area (Å²) in [6.45, 7) is 3.98. The van der Waals surface area contributed by atoms with E-state index in [9.17, 15) is 5.11 Å². The molecule has 3 heteroatoms. The molecule has 0 saturated carbocycles. The van der Waals surface area contributed by atoms with Crippen LogP contribution in [-0.2, 0) is 0 Å². The Hall–Kier alpha value is -1.19. The average molecular weight is 233 g/mol. The van der Waals surface area contributed by atoms with Gasteiger partial charge >= 0.3 is 0 Å². The highest BCUT2D eigenvalue weighted by molar-refractivity contribution is 7.09. The first-order valence-corrected chi connectivity index (χ1v) is 6.21. The highest BCUT2D eigenvalue weighted by atomic mass is 32.1. The van der Waals surface area contributed by atoms with Gasteiger partial charge in [0, 0.05) is 5.92 Å². The summed E-state index contributed by atoms with van der Waals surface area (Å²) in [5.41, 5.74) is 3.87. The van der Waals surface area contributed by atoms with E-state index in [0.717, 1.165) is 16.1 Å². The minimum absolute atomic E-state index is 0.0975. The zero-order valence-corrected chi connectivity index (χ0v) is 10.2. The van der Waals surface area contributed by atoms with Crippen LogP contribution in [0, 0.1) is 6.92 Å². The van der Waals surface area contributed by atoms with Gasteiger partial charge < -0.3 is 5.11 Å². The van der Waals surface area contributed by atoms with Crippen LogP contribution in [0.25, 0.3) is 0 Å². The second-order valence-electron chi connectivity index (χ2n) is 3.95. The summed E-state index contributed by atoms with van der Waals surface area (Å²) in [5.74, 6) is 0.0975. The van der Waals surface area contributed by atoms with Gasteiger partial charge in [-0.25, -0.2) is 4.98 Å². The molecule has 1 aromatic heterocycles. The molecule has 1 aromatic carbocycles. The molecule has 0 aliphatic carbocycles. The van der Waals surface area contributed by atoms with E-state index in [4.69, 9.17) is 0 Å². The Balaban J connectivity index is 2.23. The summed E-state index contributed by atoms with van der Waals surface area (Å²) in [5, 5.41) is 10.3. The van der Waals surface area contributed by atoms with Crippen LogP contribution in [-0.4, -0.2) is 10.1 Å². The number of hydrogen-bond donors (Lipinski definition) is 1. The number of hydrogen-bond acceptors (Lipinski definition) is 3. The summed E-state index contributed by atoms with van der Waals surface area (Å²) >= 11 is 1.52. The maximum atomic E-state index is 10.3. The van der Waals surface area contributed by atoms with Crippen molar-refractivity contribution in [3.05, 3.63) is 52.0 Å². The smallest absolute Gasteiger partial charge is 0.0966 e. The Morgan fingerprint density at radius 2 is 1.94 bits per heavy atom. The van der Waals surface area contributed by atoms with Crippen molar-refractivity contribution in [3.8, 4) is 0 Å². The molecule has 16 heavy (non-hydrogen) atoms. The molecule has 0 radical (unpaired) electrons. The lowest BCUT2D eigenvalue weighted by atomic mass is 9.94. The van der Waals surface area contributed by atoms with Gasteiger partial charge in [-0.3, -0.25) is 0 Å². The Labute approximate surface area is 99.6 Å². The van der Waals surface area contributed by atoms with E-state index in [1.165, 1.54) is 11.3 Å². The number of thiazole rings is 1. The fourth-order valence-corrected chi connectivity index (χ4v) is 2.65. The molecule has 1 heterocycles. The predicted octanol–water partition coefficient (Wildman–Crippen LogP) is 3.29. The molecule has 2 aromatic rings. The molecule has 0 amide bonds. The first-order valence-electron chi connectivity index (χ1n) is 5.33. The van der Waals surface area contributed by atoms with E-state index in [2.05, 4.69) is 4.98 Å². The van der Waals surface area contributed by atoms with E-state index in [-0.39, 0.29) is 5.92 Å². The summed E-state index contributed by atoms with van der Waals surface area (Å²) in [7, 11) is 0. The Morgan fingerprint density at radius 1 is 1.25 bits per heavy atom.